The lowest BCUT2D eigenvalue weighted by molar-refractivity contribution is -0.144. The molecule has 1 aliphatic rings. The summed E-state index contributed by atoms with van der Waals surface area (Å²) < 4.78 is 5.33. The van der Waals surface area contributed by atoms with Gasteiger partial charge < -0.3 is 14.7 Å². The molecule has 0 aromatic carbocycles. The lowest BCUT2D eigenvalue weighted by Crippen LogP contribution is -2.27. The fourth-order valence-corrected chi connectivity index (χ4v) is 3.85. The lowest BCUT2D eigenvalue weighted by Gasteiger charge is -2.18. The zero-order valence-corrected chi connectivity index (χ0v) is 15.6. The van der Waals surface area contributed by atoms with E-state index in [2.05, 4.69) is 6.92 Å². The molecule has 0 fully saturated rings. The molecule has 23 heavy (non-hydrogen) atoms. The summed E-state index contributed by atoms with van der Waals surface area (Å²) in [6, 6.07) is 0. The van der Waals surface area contributed by atoms with E-state index in [4.69, 9.17) is 9.84 Å². The Morgan fingerprint density at radius 2 is 1.83 bits per heavy atom. The monoisotopic (exact) mass is 343 g/mol. The highest BCUT2D eigenvalue weighted by molar-refractivity contribution is 8.03. The molecule has 0 aliphatic carbocycles. The van der Waals surface area contributed by atoms with Crippen LogP contribution in [-0.4, -0.2) is 41.6 Å². The molecular formula is C18H33NO3S. The summed E-state index contributed by atoms with van der Waals surface area (Å²) >= 11 is 1.71. The largest absolute Gasteiger partial charge is 0.464 e. The number of rotatable bonds is 13. The van der Waals surface area contributed by atoms with Crippen LogP contribution in [0.15, 0.2) is 10.6 Å². The van der Waals surface area contributed by atoms with Gasteiger partial charge in [-0.1, -0.05) is 51.9 Å². The van der Waals surface area contributed by atoms with Crippen LogP contribution in [0.5, 0.6) is 0 Å². The van der Waals surface area contributed by atoms with Crippen molar-refractivity contribution in [1.82, 2.24) is 4.90 Å². The van der Waals surface area contributed by atoms with Crippen LogP contribution in [0.4, 0.5) is 0 Å². The molecule has 0 bridgehead atoms. The first-order chi connectivity index (χ1) is 11.2. The van der Waals surface area contributed by atoms with E-state index >= 15 is 0 Å². The van der Waals surface area contributed by atoms with Gasteiger partial charge in [0.15, 0.2) is 0 Å². The minimum atomic E-state index is -0.141. The molecule has 0 aromatic heterocycles. The second-order valence-corrected chi connectivity index (χ2v) is 7.19. The molecular weight excluding hydrogens is 310 g/mol. The van der Waals surface area contributed by atoms with Crippen molar-refractivity contribution in [2.24, 2.45) is 0 Å². The fraction of sp³-hybridized carbons (Fsp3) is 0.833. The van der Waals surface area contributed by atoms with E-state index in [0.717, 1.165) is 24.4 Å². The minimum absolute atomic E-state index is 0.141. The topological polar surface area (TPSA) is 49.8 Å². The number of nitrogens with zero attached hydrogens (tertiary/aromatic N) is 1. The highest BCUT2D eigenvalue weighted by Crippen LogP contribution is 2.33. The minimum Gasteiger partial charge on any atom is -0.464 e. The Kier molecular flexibility index (Phi) is 11.3. The van der Waals surface area contributed by atoms with Crippen LogP contribution in [0.3, 0.4) is 0 Å². The number of hydrogen-bond donors (Lipinski definition) is 1. The molecule has 0 spiro atoms. The molecule has 0 radical (unpaired) electrons. The normalized spacial score (nSPS) is 14.7. The average Bonchev–Trinajstić information content (AvgIpc) is 2.87. The standard InChI is InChI=1S/C18H33NO3S/c1-3-4-5-6-7-8-9-10-13-22-18(21)14-19-15-23-17(11-12-20)16(19)2/h20H,3-15H2,1-2H3. The van der Waals surface area contributed by atoms with Crippen LogP contribution >= 0.6 is 11.8 Å². The molecule has 0 saturated carbocycles. The first kappa shape index (κ1) is 20.4. The van der Waals surface area contributed by atoms with E-state index in [-0.39, 0.29) is 12.6 Å². The van der Waals surface area contributed by atoms with E-state index in [1.165, 1.54) is 43.4 Å². The van der Waals surface area contributed by atoms with E-state index in [9.17, 15) is 4.79 Å². The maximum absolute atomic E-state index is 11.9. The number of allylic oxidation sites excluding steroid dienone is 1. The van der Waals surface area contributed by atoms with Gasteiger partial charge in [0.1, 0.15) is 6.54 Å². The second kappa shape index (κ2) is 12.7. The Labute approximate surface area is 145 Å². The molecule has 0 aromatic rings. The van der Waals surface area contributed by atoms with Gasteiger partial charge in [-0.15, -0.1) is 11.8 Å². The van der Waals surface area contributed by atoms with Crippen LogP contribution < -0.4 is 0 Å². The van der Waals surface area contributed by atoms with Crippen molar-refractivity contribution in [2.75, 3.05) is 25.6 Å². The Balaban J connectivity index is 2.03. The van der Waals surface area contributed by atoms with E-state index in [0.29, 0.717) is 19.6 Å². The van der Waals surface area contributed by atoms with Gasteiger partial charge in [0.2, 0.25) is 0 Å². The van der Waals surface area contributed by atoms with Crippen LogP contribution in [0, 0.1) is 0 Å². The SMILES string of the molecule is CCCCCCCCCCOC(=O)CN1CSC(CCO)=C1C. The van der Waals surface area contributed by atoms with Gasteiger partial charge in [-0.25, -0.2) is 0 Å². The van der Waals surface area contributed by atoms with Crippen molar-refractivity contribution in [2.45, 2.75) is 71.6 Å². The van der Waals surface area contributed by atoms with Gasteiger partial charge >= 0.3 is 5.97 Å². The van der Waals surface area contributed by atoms with Gasteiger partial charge in [-0.2, -0.15) is 0 Å². The third-order valence-corrected chi connectivity index (χ3v) is 5.48. The van der Waals surface area contributed by atoms with Crippen LogP contribution in [0.1, 0.15) is 71.6 Å². The Hall–Kier alpha value is -0.680. The van der Waals surface area contributed by atoms with Crippen molar-refractivity contribution < 1.29 is 14.6 Å². The highest BCUT2D eigenvalue weighted by Gasteiger charge is 2.21. The van der Waals surface area contributed by atoms with Crippen molar-refractivity contribution >= 4 is 17.7 Å². The number of thioether (sulfide) groups is 1. The Morgan fingerprint density at radius 1 is 1.17 bits per heavy atom. The Bertz CT molecular complexity index is 371. The van der Waals surface area contributed by atoms with E-state index in [1.807, 2.05) is 11.8 Å². The molecule has 1 rings (SSSR count). The Morgan fingerprint density at radius 3 is 2.48 bits per heavy atom. The summed E-state index contributed by atoms with van der Waals surface area (Å²) in [5.74, 6) is 0.645. The molecule has 1 aliphatic heterocycles. The number of carbonyl (C=O) groups is 1. The van der Waals surface area contributed by atoms with Gasteiger partial charge in [0, 0.05) is 23.6 Å². The molecule has 0 atom stereocenters. The number of carbonyl (C=O) groups excluding carboxylic acids is 1. The first-order valence-electron chi connectivity index (χ1n) is 9.03. The van der Waals surface area contributed by atoms with Crippen molar-refractivity contribution in [3.8, 4) is 0 Å². The molecule has 0 saturated heterocycles. The lowest BCUT2D eigenvalue weighted by atomic mass is 10.1. The van der Waals surface area contributed by atoms with Crippen molar-refractivity contribution in [3.63, 3.8) is 0 Å². The summed E-state index contributed by atoms with van der Waals surface area (Å²) in [6.07, 6.45) is 10.7. The zero-order valence-electron chi connectivity index (χ0n) is 14.8. The van der Waals surface area contributed by atoms with Gasteiger partial charge in [-0.05, 0) is 13.3 Å². The number of hydrogen-bond acceptors (Lipinski definition) is 5. The van der Waals surface area contributed by atoms with Crippen molar-refractivity contribution in [3.05, 3.63) is 10.6 Å². The second-order valence-electron chi connectivity index (χ2n) is 6.15. The molecule has 4 nitrogen and oxygen atoms in total. The molecule has 1 heterocycles. The predicted octanol–water partition coefficient (Wildman–Crippen LogP) is 4.29. The summed E-state index contributed by atoms with van der Waals surface area (Å²) in [5.41, 5.74) is 1.10. The van der Waals surface area contributed by atoms with Crippen molar-refractivity contribution in [1.29, 1.82) is 0 Å². The summed E-state index contributed by atoms with van der Waals surface area (Å²) in [4.78, 5) is 15.1. The molecule has 0 amide bonds. The quantitative estimate of drug-likeness (QED) is 0.399. The van der Waals surface area contributed by atoms with E-state index < -0.39 is 0 Å². The third kappa shape index (κ3) is 8.66. The van der Waals surface area contributed by atoms with E-state index in [1.54, 1.807) is 11.8 Å². The van der Waals surface area contributed by atoms with Crippen LogP contribution in [-0.2, 0) is 9.53 Å². The van der Waals surface area contributed by atoms with Crippen LogP contribution in [0.2, 0.25) is 0 Å². The maximum atomic E-state index is 11.9. The number of aliphatic hydroxyl groups excluding tert-OH is 1. The smallest absolute Gasteiger partial charge is 0.325 e. The average molecular weight is 344 g/mol. The number of aliphatic hydroxyl groups is 1. The molecule has 1 N–H and O–H groups in total. The van der Waals surface area contributed by atoms with Crippen LogP contribution in [0.25, 0.3) is 0 Å². The number of esters is 1. The molecule has 134 valence electrons. The fourth-order valence-electron chi connectivity index (χ4n) is 2.68. The molecule has 0 unspecified atom stereocenters. The summed E-state index contributed by atoms with van der Waals surface area (Å²) in [5, 5.41) is 9.00. The van der Waals surface area contributed by atoms with Gasteiger partial charge in [0.25, 0.3) is 0 Å². The molecule has 5 heteroatoms. The number of unbranched alkanes of at least 4 members (excludes halogenated alkanes) is 7. The zero-order chi connectivity index (χ0) is 16.9. The third-order valence-electron chi connectivity index (χ3n) is 4.19. The van der Waals surface area contributed by atoms with Gasteiger partial charge in [-0.3, -0.25) is 4.79 Å². The number of ether oxygens (including phenoxy) is 1. The summed E-state index contributed by atoms with van der Waals surface area (Å²) in [7, 11) is 0. The summed E-state index contributed by atoms with van der Waals surface area (Å²) in [6.45, 7) is 5.28. The maximum Gasteiger partial charge on any atom is 0.325 e. The predicted molar refractivity (Wildman–Crippen MR) is 97.1 cm³/mol. The highest BCUT2D eigenvalue weighted by atomic mass is 32.2. The van der Waals surface area contributed by atoms with Gasteiger partial charge in [0.05, 0.1) is 12.5 Å². The first-order valence-corrected chi connectivity index (χ1v) is 10.0.